The topological polar surface area (TPSA) is 108 Å². The van der Waals surface area contributed by atoms with E-state index in [1.807, 2.05) is 0 Å². The Kier molecular flexibility index (Phi) is 3.78. The molecule has 0 saturated heterocycles. The van der Waals surface area contributed by atoms with E-state index in [1.165, 1.54) is 12.5 Å². The van der Waals surface area contributed by atoms with Crippen molar-refractivity contribution in [2.45, 2.75) is 32.3 Å². The molecule has 0 saturated carbocycles. The predicted octanol–water partition coefficient (Wildman–Crippen LogP) is 1.22. The number of benzene rings is 1. The maximum Gasteiger partial charge on any atom is 0.238 e. The van der Waals surface area contributed by atoms with Gasteiger partial charge in [-0.15, -0.1) is 0 Å². The molecule has 0 amide bonds. The van der Waals surface area contributed by atoms with Crippen molar-refractivity contribution in [1.82, 2.24) is 10.1 Å². The number of aromatic nitrogens is 2. The van der Waals surface area contributed by atoms with Crippen LogP contribution in [0.2, 0.25) is 0 Å². The second-order valence-electron chi connectivity index (χ2n) is 4.45. The van der Waals surface area contributed by atoms with Crippen LogP contribution in [0.15, 0.2) is 21.9 Å². The van der Waals surface area contributed by atoms with E-state index in [0.717, 1.165) is 5.56 Å². The van der Waals surface area contributed by atoms with Gasteiger partial charge in [-0.25, -0.2) is 13.6 Å². The van der Waals surface area contributed by atoms with Crippen LogP contribution in [0.4, 0.5) is 0 Å². The van der Waals surface area contributed by atoms with Gasteiger partial charge in [0.1, 0.15) is 5.75 Å². The van der Waals surface area contributed by atoms with Gasteiger partial charge in [0.15, 0.2) is 6.61 Å². The zero-order valence-corrected chi connectivity index (χ0v) is 12.2. The number of rotatable bonds is 4. The Hall–Kier alpha value is -1.93. The van der Waals surface area contributed by atoms with Gasteiger partial charge in [0.05, 0.1) is 4.90 Å². The SMILES string of the molecule is Cc1cc(S(N)(=O)=O)c(C)c(C)c1OCc1ncon1. The Morgan fingerprint density at radius 2 is 2.00 bits per heavy atom. The minimum absolute atomic E-state index is 0.111. The van der Waals surface area contributed by atoms with E-state index >= 15 is 0 Å². The number of hydrogen-bond acceptors (Lipinski definition) is 6. The lowest BCUT2D eigenvalue weighted by molar-refractivity contribution is 0.282. The molecule has 0 spiro atoms. The van der Waals surface area contributed by atoms with Gasteiger partial charge in [0, 0.05) is 0 Å². The number of ether oxygens (including phenoxy) is 1. The highest BCUT2D eigenvalue weighted by atomic mass is 32.2. The van der Waals surface area contributed by atoms with Crippen LogP contribution in [-0.4, -0.2) is 18.6 Å². The molecule has 20 heavy (non-hydrogen) atoms. The van der Waals surface area contributed by atoms with E-state index in [9.17, 15) is 8.42 Å². The molecule has 0 radical (unpaired) electrons. The molecule has 8 heteroatoms. The molecule has 7 nitrogen and oxygen atoms in total. The number of primary sulfonamides is 1. The maximum atomic E-state index is 11.5. The summed E-state index contributed by atoms with van der Waals surface area (Å²) in [5.74, 6) is 1.01. The first kappa shape index (κ1) is 14.5. The molecule has 108 valence electrons. The number of nitrogens with zero attached hydrogens (tertiary/aromatic N) is 2. The predicted molar refractivity (Wildman–Crippen MR) is 70.7 cm³/mol. The Morgan fingerprint density at radius 1 is 1.30 bits per heavy atom. The third-order valence-corrected chi connectivity index (χ3v) is 4.07. The number of hydrogen-bond donors (Lipinski definition) is 1. The smallest absolute Gasteiger partial charge is 0.238 e. The second-order valence-corrected chi connectivity index (χ2v) is 5.98. The summed E-state index contributed by atoms with van der Waals surface area (Å²) in [4.78, 5) is 3.96. The van der Waals surface area contributed by atoms with Gasteiger partial charge in [-0.05, 0) is 43.5 Å². The van der Waals surface area contributed by atoms with Crippen LogP contribution in [0.3, 0.4) is 0 Å². The molecule has 2 aromatic rings. The van der Waals surface area contributed by atoms with Crippen LogP contribution in [0.5, 0.6) is 5.75 Å². The second kappa shape index (κ2) is 5.22. The van der Waals surface area contributed by atoms with Gasteiger partial charge in [-0.1, -0.05) is 5.16 Å². The van der Waals surface area contributed by atoms with Crippen molar-refractivity contribution < 1.29 is 17.7 Å². The highest BCUT2D eigenvalue weighted by Gasteiger charge is 2.18. The average molecular weight is 297 g/mol. The van der Waals surface area contributed by atoms with Gasteiger partial charge in [0.2, 0.25) is 22.2 Å². The van der Waals surface area contributed by atoms with Crippen molar-refractivity contribution in [2.24, 2.45) is 5.14 Å². The fourth-order valence-electron chi connectivity index (χ4n) is 1.93. The molecule has 1 aromatic heterocycles. The van der Waals surface area contributed by atoms with Crippen LogP contribution in [0, 0.1) is 20.8 Å². The summed E-state index contributed by atoms with van der Waals surface area (Å²) in [6.45, 7) is 5.37. The molecule has 0 fully saturated rings. The van der Waals surface area contributed by atoms with Crippen molar-refractivity contribution in [3.05, 3.63) is 35.0 Å². The monoisotopic (exact) mass is 297 g/mol. The lowest BCUT2D eigenvalue weighted by atomic mass is 10.1. The van der Waals surface area contributed by atoms with Crippen molar-refractivity contribution in [1.29, 1.82) is 0 Å². The first-order valence-electron chi connectivity index (χ1n) is 5.82. The lowest BCUT2D eigenvalue weighted by Crippen LogP contribution is -2.15. The van der Waals surface area contributed by atoms with Gasteiger partial charge >= 0.3 is 0 Å². The summed E-state index contributed by atoms with van der Waals surface area (Å²) in [6.07, 6.45) is 1.22. The highest BCUT2D eigenvalue weighted by Crippen LogP contribution is 2.31. The Bertz CT molecular complexity index is 724. The fourth-order valence-corrected chi connectivity index (χ4v) is 2.85. The van der Waals surface area contributed by atoms with E-state index in [1.54, 1.807) is 20.8 Å². The summed E-state index contributed by atoms with van der Waals surface area (Å²) in [7, 11) is -3.75. The maximum absolute atomic E-state index is 11.5. The summed E-state index contributed by atoms with van der Waals surface area (Å²) < 4.78 is 33.3. The largest absolute Gasteiger partial charge is 0.485 e. The van der Waals surface area contributed by atoms with E-state index in [2.05, 4.69) is 14.7 Å². The minimum atomic E-state index is -3.75. The van der Waals surface area contributed by atoms with E-state index in [-0.39, 0.29) is 11.5 Å². The van der Waals surface area contributed by atoms with E-state index in [0.29, 0.717) is 22.7 Å². The van der Waals surface area contributed by atoms with Gasteiger partial charge < -0.3 is 9.26 Å². The lowest BCUT2D eigenvalue weighted by Gasteiger charge is -2.15. The fraction of sp³-hybridized carbons (Fsp3) is 0.333. The molecular weight excluding hydrogens is 282 g/mol. The summed E-state index contributed by atoms with van der Waals surface area (Å²) in [5.41, 5.74) is 1.97. The highest BCUT2D eigenvalue weighted by molar-refractivity contribution is 7.89. The first-order chi connectivity index (χ1) is 9.30. The molecule has 0 aliphatic carbocycles. The number of sulfonamides is 1. The molecule has 0 unspecified atom stereocenters. The molecule has 2 N–H and O–H groups in total. The van der Waals surface area contributed by atoms with Crippen molar-refractivity contribution in [3.8, 4) is 5.75 Å². The Balaban J connectivity index is 2.38. The van der Waals surface area contributed by atoms with Crippen LogP contribution >= 0.6 is 0 Å². The number of aryl methyl sites for hydroxylation is 1. The van der Waals surface area contributed by atoms with E-state index < -0.39 is 10.0 Å². The first-order valence-corrected chi connectivity index (χ1v) is 7.37. The normalized spacial score (nSPS) is 11.6. The number of nitrogens with two attached hydrogens (primary N) is 1. The minimum Gasteiger partial charge on any atom is -0.485 e. The van der Waals surface area contributed by atoms with Crippen molar-refractivity contribution in [2.75, 3.05) is 0 Å². The molecule has 0 aliphatic rings. The van der Waals surface area contributed by atoms with E-state index in [4.69, 9.17) is 9.88 Å². The Labute approximate surface area is 116 Å². The standard InChI is InChI=1S/C12H15N3O4S/c1-7-4-10(20(13,16)17)8(2)9(3)12(7)18-5-11-14-6-19-15-11/h4,6H,5H2,1-3H3,(H2,13,16,17). The van der Waals surface area contributed by atoms with Crippen molar-refractivity contribution >= 4 is 10.0 Å². The Morgan fingerprint density at radius 3 is 2.55 bits per heavy atom. The third-order valence-electron chi connectivity index (χ3n) is 3.04. The molecule has 0 atom stereocenters. The van der Waals surface area contributed by atoms with Crippen LogP contribution in [0.1, 0.15) is 22.5 Å². The van der Waals surface area contributed by atoms with Crippen LogP contribution in [-0.2, 0) is 16.6 Å². The van der Waals surface area contributed by atoms with Gasteiger partial charge in [-0.2, -0.15) is 4.98 Å². The van der Waals surface area contributed by atoms with Crippen molar-refractivity contribution in [3.63, 3.8) is 0 Å². The zero-order chi connectivity index (χ0) is 14.9. The van der Waals surface area contributed by atoms with Crippen LogP contribution < -0.4 is 9.88 Å². The molecule has 2 rings (SSSR count). The zero-order valence-electron chi connectivity index (χ0n) is 11.4. The molecule has 1 heterocycles. The average Bonchev–Trinajstić information content (AvgIpc) is 2.85. The molecule has 1 aromatic carbocycles. The van der Waals surface area contributed by atoms with Crippen LogP contribution in [0.25, 0.3) is 0 Å². The molecule has 0 aliphatic heterocycles. The summed E-state index contributed by atoms with van der Waals surface area (Å²) >= 11 is 0. The third kappa shape index (κ3) is 2.81. The summed E-state index contributed by atoms with van der Waals surface area (Å²) in [6, 6.07) is 1.50. The molecule has 0 bridgehead atoms. The summed E-state index contributed by atoms with van der Waals surface area (Å²) in [5, 5.41) is 8.84. The quantitative estimate of drug-likeness (QED) is 0.909. The molecular formula is C12H15N3O4S. The van der Waals surface area contributed by atoms with Gasteiger partial charge in [-0.3, -0.25) is 0 Å². The van der Waals surface area contributed by atoms with Gasteiger partial charge in [0.25, 0.3) is 0 Å².